The molecule has 0 fully saturated rings. The molecule has 0 radical (unpaired) electrons. The van der Waals surface area contributed by atoms with E-state index in [-0.39, 0.29) is 0 Å². The van der Waals surface area contributed by atoms with Gasteiger partial charge in [-0.05, 0) is 41.0 Å². The summed E-state index contributed by atoms with van der Waals surface area (Å²) in [5, 5.41) is 8.82. The van der Waals surface area contributed by atoms with Crippen molar-refractivity contribution in [3.05, 3.63) is 125 Å². The number of ether oxygens (including phenoxy) is 3. The molecule has 4 aromatic rings. The van der Waals surface area contributed by atoms with Gasteiger partial charge in [-0.1, -0.05) is 60.7 Å². The van der Waals surface area contributed by atoms with Crippen LogP contribution in [0.2, 0.25) is 0 Å². The average Bonchev–Trinajstić information content (AvgIpc) is 2.86. The first-order valence-electron chi connectivity index (χ1n) is 10.3. The zero-order chi connectivity index (χ0) is 22.0. The Hall–Kier alpha value is -4.30. The Bertz CT molecular complexity index is 1110. The van der Waals surface area contributed by atoms with E-state index >= 15 is 0 Å². The topological polar surface area (TPSA) is 55.8 Å². The van der Waals surface area contributed by atoms with Gasteiger partial charge in [-0.2, -0.15) is 0 Å². The van der Waals surface area contributed by atoms with E-state index in [1.54, 1.807) is 24.3 Å². The zero-order valence-corrected chi connectivity index (χ0v) is 17.6. The summed E-state index contributed by atoms with van der Waals surface area (Å²) in [6, 6.07) is 32.8. The third kappa shape index (κ3) is 6.10. The summed E-state index contributed by atoms with van der Waals surface area (Å²) in [5.41, 5.74) is 3.59. The van der Waals surface area contributed by atoms with Gasteiger partial charge in [0.1, 0.15) is 37.1 Å². The fourth-order valence-electron chi connectivity index (χ4n) is 3.14. The molecule has 0 saturated carbocycles. The van der Waals surface area contributed by atoms with Gasteiger partial charge >= 0.3 is 5.69 Å². The van der Waals surface area contributed by atoms with Gasteiger partial charge in [0.05, 0.1) is 0 Å². The van der Waals surface area contributed by atoms with Crippen LogP contribution in [0.1, 0.15) is 16.7 Å². The number of hydrogen-bond donors (Lipinski definition) is 0. The fourth-order valence-corrected chi connectivity index (χ4v) is 3.14. The maximum Gasteiger partial charge on any atom is 0.385 e. The summed E-state index contributed by atoms with van der Waals surface area (Å²) in [6.07, 6.45) is 0. The lowest BCUT2D eigenvalue weighted by Crippen LogP contribution is -2.01. The highest BCUT2D eigenvalue weighted by molar-refractivity contribution is 5.46. The third-order valence-electron chi connectivity index (χ3n) is 4.79. The van der Waals surface area contributed by atoms with Crippen LogP contribution in [-0.4, -0.2) is 0 Å². The first kappa shape index (κ1) is 21.0. The Labute approximate surface area is 187 Å². The highest BCUT2D eigenvalue weighted by Crippen LogP contribution is 2.26. The van der Waals surface area contributed by atoms with E-state index in [9.17, 15) is 0 Å². The van der Waals surface area contributed by atoms with Crippen LogP contribution in [0, 0.1) is 5.39 Å². The van der Waals surface area contributed by atoms with Gasteiger partial charge in [0.25, 0.3) is 0 Å². The predicted octanol–water partition coefficient (Wildman–Crippen LogP) is 6.91. The van der Waals surface area contributed by atoms with Crippen molar-refractivity contribution in [3.8, 4) is 17.2 Å². The van der Waals surface area contributed by atoms with Gasteiger partial charge in [0, 0.05) is 18.2 Å². The summed E-state index contributed by atoms with van der Waals surface area (Å²) in [5.74, 6) is 2.11. The number of benzene rings is 4. The van der Waals surface area contributed by atoms with Gasteiger partial charge in [0.2, 0.25) is 5.39 Å². The smallest absolute Gasteiger partial charge is 0.385 e. The Balaban J connectivity index is 1.48. The molecule has 0 aliphatic rings. The van der Waals surface area contributed by atoms with E-state index in [1.807, 2.05) is 78.9 Å². The molecule has 0 heterocycles. The van der Waals surface area contributed by atoms with Crippen LogP contribution in [0.5, 0.6) is 17.2 Å². The van der Waals surface area contributed by atoms with E-state index in [1.165, 1.54) is 0 Å². The van der Waals surface area contributed by atoms with Crippen molar-refractivity contribution < 1.29 is 14.2 Å². The van der Waals surface area contributed by atoms with Crippen LogP contribution in [0.25, 0.3) is 4.98 Å². The number of nitrogens with zero attached hydrogens (tertiary/aromatic N) is 2. The molecule has 0 aliphatic carbocycles. The number of diazo groups is 1. The van der Waals surface area contributed by atoms with E-state index < -0.39 is 0 Å². The lowest BCUT2D eigenvalue weighted by atomic mass is 10.2. The van der Waals surface area contributed by atoms with Crippen LogP contribution >= 0.6 is 0 Å². The zero-order valence-electron chi connectivity index (χ0n) is 17.6. The van der Waals surface area contributed by atoms with Crippen LogP contribution in [0.4, 0.5) is 5.69 Å². The lowest BCUT2D eigenvalue weighted by Gasteiger charge is -2.13. The molecule has 5 nitrogen and oxygen atoms in total. The Morgan fingerprint density at radius 1 is 0.500 bits per heavy atom. The molecule has 158 valence electrons. The van der Waals surface area contributed by atoms with Crippen molar-refractivity contribution >= 4 is 5.69 Å². The molecule has 0 atom stereocenters. The van der Waals surface area contributed by atoms with Gasteiger partial charge in [-0.15, -0.1) is 0 Å². The second-order valence-electron chi connectivity index (χ2n) is 7.24. The van der Waals surface area contributed by atoms with Crippen LogP contribution < -0.4 is 14.2 Å². The van der Waals surface area contributed by atoms with E-state index in [4.69, 9.17) is 19.6 Å². The number of hydrogen-bond acceptors (Lipinski definition) is 4. The van der Waals surface area contributed by atoms with Crippen molar-refractivity contribution in [2.45, 2.75) is 19.8 Å². The van der Waals surface area contributed by atoms with Crippen molar-refractivity contribution in [2.75, 3.05) is 0 Å². The van der Waals surface area contributed by atoms with Crippen molar-refractivity contribution in [1.29, 1.82) is 5.39 Å². The summed E-state index contributed by atoms with van der Waals surface area (Å²) in [6.45, 7) is 1.28. The Kier molecular flexibility index (Phi) is 6.97. The van der Waals surface area contributed by atoms with E-state index in [0.717, 1.165) is 16.7 Å². The lowest BCUT2D eigenvalue weighted by molar-refractivity contribution is 0.281. The molecule has 4 rings (SSSR count). The first-order valence-corrected chi connectivity index (χ1v) is 10.3. The molecule has 0 amide bonds. The van der Waals surface area contributed by atoms with E-state index in [0.29, 0.717) is 42.8 Å². The predicted molar refractivity (Wildman–Crippen MR) is 124 cm³/mol. The molecule has 0 aliphatic heterocycles. The van der Waals surface area contributed by atoms with Gasteiger partial charge < -0.3 is 14.2 Å². The number of rotatable bonds is 9. The van der Waals surface area contributed by atoms with Crippen molar-refractivity contribution in [1.82, 2.24) is 0 Å². The maximum atomic E-state index is 8.82. The molecule has 0 bridgehead atoms. The van der Waals surface area contributed by atoms with Crippen molar-refractivity contribution in [2.24, 2.45) is 0 Å². The second kappa shape index (κ2) is 10.6. The molecule has 0 saturated heterocycles. The summed E-state index contributed by atoms with van der Waals surface area (Å²) in [7, 11) is 0. The molecule has 0 N–H and O–H groups in total. The molecule has 0 aromatic heterocycles. The SMILES string of the molecule is N#[N+]c1ccc(OCc2cc(OCc3ccccc3)cc(OCc3ccccc3)c2)cc1. The second-order valence-corrected chi connectivity index (χ2v) is 7.24. The average molecular weight is 423 g/mol. The summed E-state index contributed by atoms with van der Waals surface area (Å²) >= 11 is 0. The minimum atomic E-state index is 0.347. The monoisotopic (exact) mass is 423 g/mol. The normalized spacial score (nSPS) is 10.2. The van der Waals surface area contributed by atoms with Gasteiger partial charge in [-0.3, -0.25) is 0 Å². The standard InChI is InChI=1S/C27H23N2O3/c28-29-24-11-13-25(14-12-24)30-20-23-15-26(31-18-21-7-3-1-4-8-21)17-27(16-23)32-19-22-9-5-2-6-10-22/h1-17H,18-20H2/q+1. The molecule has 0 spiro atoms. The van der Waals surface area contributed by atoms with E-state index in [2.05, 4.69) is 4.98 Å². The highest BCUT2D eigenvalue weighted by atomic mass is 16.5. The molecule has 0 unspecified atom stereocenters. The largest absolute Gasteiger partial charge is 0.489 e. The molecule has 32 heavy (non-hydrogen) atoms. The van der Waals surface area contributed by atoms with Crippen LogP contribution in [0.3, 0.4) is 0 Å². The molecular weight excluding hydrogens is 400 g/mol. The fraction of sp³-hybridized carbons (Fsp3) is 0.111. The highest BCUT2D eigenvalue weighted by Gasteiger charge is 2.08. The van der Waals surface area contributed by atoms with Gasteiger partial charge in [-0.25, -0.2) is 0 Å². The summed E-state index contributed by atoms with van der Waals surface area (Å²) < 4.78 is 18.0. The Morgan fingerprint density at radius 2 is 0.969 bits per heavy atom. The van der Waals surface area contributed by atoms with Crippen LogP contribution in [-0.2, 0) is 19.8 Å². The third-order valence-corrected chi connectivity index (χ3v) is 4.79. The van der Waals surface area contributed by atoms with Crippen molar-refractivity contribution in [3.63, 3.8) is 0 Å². The molecule has 5 heteroatoms. The maximum absolute atomic E-state index is 8.82. The Morgan fingerprint density at radius 3 is 1.47 bits per heavy atom. The van der Waals surface area contributed by atoms with Gasteiger partial charge in [0.15, 0.2) is 4.98 Å². The summed E-state index contributed by atoms with van der Waals surface area (Å²) in [4.78, 5) is 3.16. The molecule has 4 aromatic carbocycles. The first-order chi connectivity index (χ1) is 15.8. The van der Waals surface area contributed by atoms with Crippen LogP contribution in [0.15, 0.2) is 103 Å². The minimum absolute atomic E-state index is 0.347. The minimum Gasteiger partial charge on any atom is -0.489 e. The quantitative estimate of drug-likeness (QED) is 0.275. The molecular formula is C27H23N2O3+.